The van der Waals surface area contributed by atoms with Gasteiger partial charge in [-0.1, -0.05) is 160 Å². The summed E-state index contributed by atoms with van der Waals surface area (Å²) in [6, 6.07) is 45.5. The molecule has 7 unspecified atom stereocenters. The lowest BCUT2D eigenvalue weighted by atomic mass is 9.83. The molecule has 10 heteroatoms. The normalized spacial score (nSPS) is 21.2. The molecule has 316 valence electrons. The lowest BCUT2D eigenvalue weighted by Crippen LogP contribution is -2.67. The maximum atomic E-state index is 14.1. The fourth-order valence-corrected chi connectivity index (χ4v) is 9.39. The minimum atomic E-state index is -3.95. The van der Waals surface area contributed by atoms with Gasteiger partial charge >= 0.3 is 0 Å². The first-order valence-electron chi connectivity index (χ1n) is 21.2. The van der Waals surface area contributed by atoms with E-state index in [9.17, 15) is 13.5 Å². The summed E-state index contributed by atoms with van der Waals surface area (Å²) in [4.78, 5) is 0.178. The molecule has 0 bridgehead atoms. The molecule has 6 aromatic rings. The van der Waals surface area contributed by atoms with E-state index in [1.807, 2.05) is 116 Å². The van der Waals surface area contributed by atoms with Crippen LogP contribution < -0.4 is 0 Å². The van der Waals surface area contributed by atoms with Crippen molar-refractivity contribution < 1.29 is 37.2 Å². The average Bonchev–Trinajstić information content (AvgIpc) is 3.69. The number of hydrogen-bond donors (Lipinski definition) is 1. The van der Waals surface area contributed by atoms with Crippen molar-refractivity contribution >= 4 is 20.9 Å². The maximum absolute atomic E-state index is 14.1. The number of fused-ring (bicyclic) bond motifs is 1. The molecule has 1 aliphatic carbocycles. The van der Waals surface area contributed by atoms with Crippen LogP contribution in [0, 0.1) is 0 Å². The Kier molecular flexibility index (Phi) is 15.4. The molecule has 1 N–H and O–H groups in total. The van der Waals surface area contributed by atoms with E-state index in [0.29, 0.717) is 17.7 Å². The second-order valence-electron chi connectivity index (χ2n) is 15.5. The van der Waals surface area contributed by atoms with Crippen molar-refractivity contribution in [3.05, 3.63) is 174 Å². The Bertz CT molecular complexity index is 2290. The van der Waals surface area contributed by atoms with Gasteiger partial charge < -0.3 is 28.8 Å². The van der Waals surface area contributed by atoms with E-state index in [0.717, 1.165) is 54.2 Å². The van der Waals surface area contributed by atoms with Crippen molar-refractivity contribution in [2.45, 2.75) is 113 Å². The molecule has 60 heavy (non-hydrogen) atoms. The highest BCUT2D eigenvalue weighted by molar-refractivity contribution is 7.90. The lowest BCUT2D eigenvalue weighted by Gasteiger charge is -2.49. The second kappa shape index (κ2) is 21.2. The molecule has 1 aromatic heterocycles. The van der Waals surface area contributed by atoms with Gasteiger partial charge in [-0.25, -0.2) is 12.4 Å². The molecule has 0 amide bonds. The Hall–Kier alpha value is -4.65. The number of aromatic nitrogens is 1. The van der Waals surface area contributed by atoms with E-state index in [4.69, 9.17) is 23.7 Å². The van der Waals surface area contributed by atoms with Gasteiger partial charge in [0, 0.05) is 23.8 Å². The molecule has 9 nitrogen and oxygen atoms in total. The third kappa shape index (κ3) is 10.6. The van der Waals surface area contributed by atoms with Crippen LogP contribution in [0.2, 0.25) is 0 Å². The van der Waals surface area contributed by atoms with Crippen molar-refractivity contribution in [3.63, 3.8) is 0 Å². The Balaban J connectivity index is 1.27. The fraction of sp³-hybridized carbons (Fsp3) is 0.360. The van der Waals surface area contributed by atoms with Gasteiger partial charge in [0.15, 0.2) is 0 Å². The lowest BCUT2D eigenvalue weighted by molar-refractivity contribution is -0.285. The van der Waals surface area contributed by atoms with Crippen LogP contribution in [0.1, 0.15) is 74.3 Å². The van der Waals surface area contributed by atoms with Crippen LogP contribution in [-0.2, 0) is 53.5 Å². The number of aliphatic hydroxyl groups is 1. The van der Waals surface area contributed by atoms with Gasteiger partial charge in [0.2, 0.25) is 0 Å². The molecule has 7 atom stereocenters. The fourth-order valence-electron chi connectivity index (χ4n) is 8.00. The monoisotopic (exact) mass is 831 g/mol. The molecule has 0 spiro atoms. The first-order valence-corrected chi connectivity index (χ1v) is 22.6. The number of ether oxygens (including phenoxy) is 5. The summed E-state index contributed by atoms with van der Waals surface area (Å²) in [5, 5.41) is 13.4. The summed E-state index contributed by atoms with van der Waals surface area (Å²) in [5.41, 5.74) is 4.07. The van der Waals surface area contributed by atoms with Gasteiger partial charge in [-0.15, -0.1) is 0 Å². The zero-order valence-corrected chi connectivity index (χ0v) is 35.3. The van der Waals surface area contributed by atoms with E-state index < -0.39 is 52.8 Å². The number of rotatable bonds is 21. The molecular formula is C50H57NO8S. The van der Waals surface area contributed by atoms with Crippen LogP contribution in [0.5, 0.6) is 0 Å². The third-order valence-electron chi connectivity index (χ3n) is 11.2. The zero-order chi connectivity index (χ0) is 41.7. The van der Waals surface area contributed by atoms with Crippen molar-refractivity contribution in [3.8, 4) is 0 Å². The summed E-state index contributed by atoms with van der Waals surface area (Å²) in [6.07, 6.45) is 0.826. The maximum Gasteiger partial charge on any atom is 0.268 e. The number of para-hydroxylation sites is 1. The molecular weight excluding hydrogens is 775 g/mol. The van der Waals surface area contributed by atoms with E-state index in [2.05, 4.69) is 6.92 Å². The van der Waals surface area contributed by atoms with E-state index in [-0.39, 0.29) is 24.7 Å². The van der Waals surface area contributed by atoms with Crippen LogP contribution in [0.3, 0.4) is 0 Å². The minimum Gasteiger partial charge on any atom is -0.387 e. The van der Waals surface area contributed by atoms with Crippen molar-refractivity contribution in [1.82, 2.24) is 3.97 Å². The standard InChI is InChI=1S/C50H57NO8S/c1-3-4-5-6-21-32-55-46-45(52)47(59-37(2)43-33-51(44-31-20-19-30-42(43)44)60(53,54)41-28-17-10-18-29-41)49(57-35-39-24-13-8-14-25-39)50(58-36-40-26-15-9-16-27-40)48(46)56-34-38-22-11-7-12-23-38/h7-20,22-31,33,37,45-50,52H,3-6,21,32,34-36H2,1-2H3. The molecule has 1 aliphatic rings. The smallest absolute Gasteiger partial charge is 0.268 e. The predicted molar refractivity (Wildman–Crippen MR) is 234 cm³/mol. The quantitative estimate of drug-likeness (QED) is 0.0716. The van der Waals surface area contributed by atoms with Crippen LogP contribution >= 0.6 is 0 Å². The summed E-state index contributed by atoms with van der Waals surface area (Å²) >= 11 is 0. The zero-order valence-electron chi connectivity index (χ0n) is 34.5. The molecule has 1 fully saturated rings. The van der Waals surface area contributed by atoms with Crippen LogP contribution in [0.4, 0.5) is 0 Å². The number of benzene rings is 5. The Labute approximate surface area is 354 Å². The average molecular weight is 832 g/mol. The molecule has 1 saturated carbocycles. The highest BCUT2D eigenvalue weighted by Crippen LogP contribution is 2.38. The van der Waals surface area contributed by atoms with Gasteiger partial charge in [0.25, 0.3) is 10.0 Å². The Morgan fingerprint density at radius 3 is 1.58 bits per heavy atom. The van der Waals surface area contributed by atoms with Crippen molar-refractivity contribution in [1.29, 1.82) is 0 Å². The highest BCUT2D eigenvalue weighted by atomic mass is 32.2. The first-order chi connectivity index (χ1) is 29.3. The molecule has 0 saturated heterocycles. The van der Waals surface area contributed by atoms with Crippen LogP contribution in [0.25, 0.3) is 10.9 Å². The van der Waals surface area contributed by atoms with Crippen LogP contribution in [-0.4, -0.2) is 60.7 Å². The first kappa shape index (κ1) is 43.4. The van der Waals surface area contributed by atoms with Crippen molar-refractivity contribution in [2.24, 2.45) is 0 Å². The molecule has 0 aliphatic heterocycles. The van der Waals surface area contributed by atoms with Crippen molar-refractivity contribution in [2.75, 3.05) is 6.61 Å². The Morgan fingerprint density at radius 2 is 1.03 bits per heavy atom. The van der Waals surface area contributed by atoms with Gasteiger partial charge in [-0.05, 0) is 48.2 Å². The summed E-state index contributed by atoms with van der Waals surface area (Å²) in [6.45, 7) is 5.24. The van der Waals surface area contributed by atoms with E-state index >= 15 is 0 Å². The summed E-state index contributed by atoms with van der Waals surface area (Å²) < 4.78 is 63.7. The SMILES string of the molecule is CCCCCCCOC1C(O)C(OC(C)c2cn(S(=O)(=O)c3ccccc3)c3ccccc23)C(OCc2ccccc2)C(OCc2ccccc2)C1OCc1ccccc1. The van der Waals surface area contributed by atoms with Gasteiger partial charge in [-0.3, -0.25) is 0 Å². The predicted octanol–water partition coefficient (Wildman–Crippen LogP) is 9.81. The van der Waals surface area contributed by atoms with Crippen LogP contribution in [0.15, 0.2) is 157 Å². The minimum absolute atomic E-state index is 0.178. The van der Waals surface area contributed by atoms with Gasteiger partial charge in [0.05, 0.1) is 36.3 Å². The summed E-state index contributed by atoms with van der Waals surface area (Å²) in [5.74, 6) is 0. The Morgan fingerprint density at radius 1 is 0.567 bits per heavy atom. The van der Waals surface area contributed by atoms with E-state index in [1.165, 1.54) is 3.97 Å². The van der Waals surface area contributed by atoms with Gasteiger partial charge in [0.1, 0.15) is 36.6 Å². The second-order valence-corrected chi connectivity index (χ2v) is 17.3. The number of hydrogen-bond acceptors (Lipinski definition) is 8. The molecule has 0 radical (unpaired) electrons. The number of unbranched alkanes of at least 4 members (excludes halogenated alkanes) is 4. The summed E-state index contributed by atoms with van der Waals surface area (Å²) in [7, 11) is -3.95. The third-order valence-corrected chi connectivity index (χ3v) is 12.9. The number of aliphatic hydroxyl groups excluding tert-OH is 1. The van der Waals surface area contributed by atoms with E-state index in [1.54, 1.807) is 42.6 Å². The molecule has 5 aromatic carbocycles. The molecule has 7 rings (SSSR count). The topological polar surface area (TPSA) is 105 Å². The molecule has 1 heterocycles. The highest BCUT2D eigenvalue weighted by Gasteiger charge is 2.54. The number of nitrogens with zero attached hydrogens (tertiary/aromatic N) is 1. The largest absolute Gasteiger partial charge is 0.387 e. The van der Waals surface area contributed by atoms with Gasteiger partial charge in [-0.2, -0.15) is 0 Å².